The summed E-state index contributed by atoms with van der Waals surface area (Å²) in [5, 5.41) is 13.8. The Hall–Kier alpha value is -1.93. The van der Waals surface area contributed by atoms with Crippen LogP contribution >= 0.6 is 34.5 Å². The number of anilines is 1. The first-order valence-corrected chi connectivity index (χ1v) is 10.5. The number of nitrogens with one attached hydrogen (secondary N) is 1. The van der Waals surface area contributed by atoms with Gasteiger partial charge in [0.05, 0.1) is 27.2 Å². The van der Waals surface area contributed by atoms with Crippen LogP contribution < -0.4 is 5.32 Å². The third-order valence-electron chi connectivity index (χ3n) is 3.98. The van der Waals surface area contributed by atoms with Gasteiger partial charge in [0.1, 0.15) is 0 Å². The summed E-state index contributed by atoms with van der Waals surface area (Å²) in [7, 11) is 0. The molecule has 0 saturated carbocycles. The largest absolute Gasteiger partial charge is 0.419 e. The zero-order chi connectivity index (χ0) is 19.9. The number of aromatic nitrogens is 2. The predicted octanol–water partition coefficient (Wildman–Crippen LogP) is 5.35. The van der Waals surface area contributed by atoms with Crippen LogP contribution in [-0.2, 0) is 11.3 Å². The van der Waals surface area contributed by atoms with Gasteiger partial charge in [-0.15, -0.1) is 21.5 Å². The summed E-state index contributed by atoms with van der Waals surface area (Å²) >= 11 is 13.8. The van der Waals surface area contributed by atoms with Crippen molar-refractivity contribution >= 4 is 46.1 Å². The molecule has 0 atom stereocenters. The van der Waals surface area contributed by atoms with Crippen molar-refractivity contribution in [3.63, 3.8) is 0 Å². The molecule has 0 saturated heterocycles. The molecule has 2 aromatic heterocycles. The van der Waals surface area contributed by atoms with E-state index in [-0.39, 0.29) is 5.91 Å². The minimum absolute atomic E-state index is 0.152. The number of hydrogen-bond donors (Lipinski definition) is 1. The Bertz CT molecular complexity index is 894. The molecule has 9 heteroatoms. The Morgan fingerprint density at radius 2 is 1.96 bits per heavy atom. The third kappa shape index (κ3) is 5.54. The standard InChI is InChI=1S/C19H20Cl2N4O2S/c1-2-9-25(12-17-23-24-19(27-17)15-7-4-11-28-15)10-8-16(26)22-18-13(20)5-3-6-14(18)21/h3-7,11H,2,8-10,12H2,1H3,(H,22,26). The Morgan fingerprint density at radius 1 is 1.18 bits per heavy atom. The van der Waals surface area contributed by atoms with Gasteiger partial charge in [0.25, 0.3) is 5.89 Å². The Morgan fingerprint density at radius 3 is 2.64 bits per heavy atom. The minimum atomic E-state index is -0.152. The van der Waals surface area contributed by atoms with Crippen LogP contribution in [0.1, 0.15) is 25.7 Å². The summed E-state index contributed by atoms with van der Waals surface area (Å²) < 4.78 is 5.75. The molecule has 3 rings (SSSR count). The Labute approximate surface area is 177 Å². The molecule has 1 N–H and O–H groups in total. The minimum Gasteiger partial charge on any atom is -0.419 e. The van der Waals surface area contributed by atoms with Gasteiger partial charge in [-0.2, -0.15) is 0 Å². The second kappa shape index (κ2) is 10.0. The summed E-state index contributed by atoms with van der Waals surface area (Å²) in [4.78, 5) is 15.4. The van der Waals surface area contributed by atoms with E-state index in [2.05, 4.69) is 27.3 Å². The maximum atomic E-state index is 12.3. The maximum absolute atomic E-state index is 12.3. The second-order valence-corrected chi connectivity index (χ2v) is 7.91. The first-order chi connectivity index (χ1) is 13.6. The van der Waals surface area contributed by atoms with Gasteiger partial charge in [0.2, 0.25) is 11.8 Å². The molecule has 0 radical (unpaired) electrons. The molecule has 28 heavy (non-hydrogen) atoms. The zero-order valence-corrected chi connectivity index (χ0v) is 17.7. The lowest BCUT2D eigenvalue weighted by atomic mass is 10.3. The molecule has 0 aliphatic rings. The van der Waals surface area contributed by atoms with Crippen LogP contribution in [0.3, 0.4) is 0 Å². The predicted molar refractivity (Wildman–Crippen MR) is 113 cm³/mol. The number of halogens is 2. The normalized spacial score (nSPS) is 11.1. The molecule has 1 amide bonds. The molecule has 6 nitrogen and oxygen atoms in total. The molecule has 0 aliphatic heterocycles. The molecule has 0 unspecified atom stereocenters. The van der Waals surface area contributed by atoms with Crippen LogP contribution in [0.4, 0.5) is 5.69 Å². The van der Waals surface area contributed by atoms with Crippen molar-refractivity contribution in [1.82, 2.24) is 15.1 Å². The molecule has 0 spiro atoms. The van der Waals surface area contributed by atoms with Gasteiger partial charge in [-0.05, 0) is 36.5 Å². The van der Waals surface area contributed by atoms with E-state index in [9.17, 15) is 4.79 Å². The van der Waals surface area contributed by atoms with E-state index >= 15 is 0 Å². The lowest BCUT2D eigenvalue weighted by molar-refractivity contribution is -0.116. The topological polar surface area (TPSA) is 71.3 Å². The number of rotatable bonds is 9. The lowest BCUT2D eigenvalue weighted by Crippen LogP contribution is -2.28. The van der Waals surface area contributed by atoms with Gasteiger partial charge >= 0.3 is 0 Å². The van der Waals surface area contributed by atoms with Gasteiger partial charge in [-0.3, -0.25) is 9.69 Å². The Kier molecular flexibility index (Phi) is 7.44. The fraction of sp³-hybridized carbons (Fsp3) is 0.316. The highest BCUT2D eigenvalue weighted by atomic mass is 35.5. The van der Waals surface area contributed by atoms with Gasteiger partial charge in [-0.25, -0.2) is 0 Å². The molecule has 148 valence electrons. The monoisotopic (exact) mass is 438 g/mol. The SMILES string of the molecule is CCCN(CCC(=O)Nc1c(Cl)cccc1Cl)Cc1nnc(-c2cccs2)o1. The lowest BCUT2D eigenvalue weighted by Gasteiger charge is -2.19. The van der Waals surface area contributed by atoms with Crippen LogP contribution in [0.15, 0.2) is 40.1 Å². The van der Waals surface area contributed by atoms with Crippen molar-refractivity contribution in [3.05, 3.63) is 51.6 Å². The summed E-state index contributed by atoms with van der Waals surface area (Å²) in [5.41, 5.74) is 0.440. The van der Waals surface area contributed by atoms with E-state index in [1.165, 1.54) is 0 Å². The van der Waals surface area contributed by atoms with Crippen molar-refractivity contribution in [2.24, 2.45) is 0 Å². The number of amides is 1. The van der Waals surface area contributed by atoms with E-state index < -0.39 is 0 Å². The number of nitrogens with zero attached hydrogens (tertiary/aromatic N) is 3. The third-order valence-corrected chi connectivity index (χ3v) is 5.47. The summed E-state index contributed by atoms with van der Waals surface area (Å²) in [6.07, 6.45) is 1.25. The average Bonchev–Trinajstić information content (AvgIpc) is 3.35. The van der Waals surface area contributed by atoms with Crippen LogP contribution in [0, 0.1) is 0 Å². The quantitative estimate of drug-likeness (QED) is 0.487. The second-order valence-electron chi connectivity index (χ2n) is 6.15. The summed E-state index contributed by atoms with van der Waals surface area (Å²) in [5.74, 6) is 0.903. The van der Waals surface area contributed by atoms with E-state index in [1.807, 2.05) is 17.5 Å². The zero-order valence-electron chi connectivity index (χ0n) is 15.3. The van der Waals surface area contributed by atoms with Crippen molar-refractivity contribution in [2.75, 3.05) is 18.4 Å². The van der Waals surface area contributed by atoms with E-state index in [0.29, 0.717) is 47.0 Å². The molecule has 0 aliphatic carbocycles. The number of hydrogen-bond acceptors (Lipinski definition) is 6. The maximum Gasteiger partial charge on any atom is 0.257 e. The molecular weight excluding hydrogens is 419 g/mol. The highest BCUT2D eigenvalue weighted by Crippen LogP contribution is 2.30. The van der Waals surface area contributed by atoms with Crippen LogP contribution in [0.2, 0.25) is 10.0 Å². The molecule has 1 aromatic carbocycles. The van der Waals surface area contributed by atoms with Crippen LogP contribution in [0.5, 0.6) is 0 Å². The van der Waals surface area contributed by atoms with Crippen molar-refractivity contribution in [1.29, 1.82) is 0 Å². The van der Waals surface area contributed by atoms with E-state index in [0.717, 1.165) is 17.8 Å². The Balaban J connectivity index is 1.56. The number of thiophene rings is 1. The summed E-state index contributed by atoms with van der Waals surface area (Å²) in [6.45, 7) is 3.95. The smallest absolute Gasteiger partial charge is 0.257 e. The van der Waals surface area contributed by atoms with Crippen molar-refractivity contribution < 1.29 is 9.21 Å². The average molecular weight is 439 g/mol. The first-order valence-electron chi connectivity index (χ1n) is 8.89. The highest BCUT2D eigenvalue weighted by Gasteiger charge is 2.15. The fourth-order valence-electron chi connectivity index (χ4n) is 2.67. The molecule has 0 bridgehead atoms. The van der Waals surface area contributed by atoms with E-state index in [4.69, 9.17) is 27.6 Å². The van der Waals surface area contributed by atoms with Crippen LogP contribution in [0.25, 0.3) is 10.8 Å². The number of carbonyl (C=O) groups is 1. The van der Waals surface area contributed by atoms with Gasteiger partial charge < -0.3 is 9.73 Å². The molecule has 2 heterocycles. The van der Waals surface area contributed by atoms with Gasteiger partial charge in [-0.1, -0.05) is 42.3 Å². The van der Waals surface area contributed by atoms with Crippen molar-refractivity contribution in [2.45, 2.75) is 26.3 Å². The molecule has 0 fully saturated rings. The van der Waals surface area contributed by atoms with Crippen LogP contribution in [-0.4, -0.2) is 34.1 Å². The number of para-hydroxylation sites is 1. The first kappa shape index (κ1) is 20.8. The number of carbonyl (C=O) groups excluding carboxylic acids is 1. The molecular formula is C19H20Cl2N4O2S. The summed E-state index contributed by atoms with van der Waals surface area (Å²) in [6, 6.07) is 8.99. The highest BCUT2D eigenvalue weighted by molar-refractivity contribution is 7.13. The van der Waals surface area contributed by atoms with E-state index in [1.54, 1.807) is 29.5 Å². The van der Waals surface area contributed by atoms with Gasteiger partial charge in [0, 0.05) is 13.0 Å². The van der Waals surface area contributed by atoms with Crippen molar-refractivity contribution in [3.8, 4) is 10.8 Å². The van der Waals surface area contributed by atoms with Gasteiger partial charge in [0.15, 0.2) is 0 Å². The fourth-order valence-corrected chi connectivity index (χ4v) is 3.81. The number of benzene rings is 1. The molecule has 3 aromatic rings.